The summed E-state index contributed by atoms with van der Waals surface area (Å²) in [5.41, 5.74) is 1.18. The van der Waals surface area contributed by atoms with Gasteiger partial charge >= 0.3 is 0 Å². The second-order valence-electron chi connectivity index (χ2n) is 8.95. The SMILES string of the molecule is Cc1cc(Cl)ccc1N1C(=O)c2cc3ccsc3n2C[C@@]1(C)C(=O)NC1CCCCC1. The Morgan fingerprint density at radius 2 is 1.97 bits per heavy atom. The number of anilines is 1. The van der Waals surface area contributed by atoms with Crippen molar-refractivity contribution in [2.45, 2.75) is 64.1 Å². The molecular formula is C24H26ClN3O2S. The molecule has 1 saturated carbocycles. The van der Waals surface area contributed by atoms with E-state index in [2.05, 4.69) is 5.32 Å². The number of aromatic nitrogens is 1. The summed E-state index contributed by atoms with van der Waals surface area (Å²) in [5.74, 6) is -0.243. The number of amides is 2. The van der Waals surface area contributed by atoms with E-state index in [0.717, 1.165) is 47.2 Å². The average Bonchev–Trinajstić information content (AvgIpc) is 3.33. The third-order valence-corrected chi connectivity index (χ3v) is 7.90. The number of halogens is 1. The topological polar surface area (TPSA) is 54.3 Å². The number of nitrogens with one attached hydrogen (secondary N) is 1. The number of hydrogen-bond acceptors (Lipinski definition) is 3. The second-order valence-corrected chi connectivity index (χ2v) is 10.3. The lowest BCUT2D eigenvalue weighted by molar-refractivity contribution is -0.127. The Hall–Kier alpha value is -2.31. The Balaban J connectivity index is 1.62. The molecule has 162 valence electrons. The van der Waals surface area contributed by atoms with Gasteiger partial charge in [-0.1, -0.05) is 30.9 Å². The van der Waals surface area contributed by atoms with Crippen LogP contribution in [-0.4, -0.2) is 28.0 Å². The molecule has 7 heteroatoms. The number of aryl methyl sites for hydroxylation is 1. The first kappa shape index (κ1) is 20.6. The Morgan fingerprint density at radius 1 is 1.19 bits per heavy atom. The van der Waals surface area contributed by atoms with E-state index in [1.165, 1.54) is 6.42 Å². The molecule has 1 atom stereocenters. The second kappa shape index (κ2) is 7.68. The van der Waals surface area contributed by atoms with Gasteiger partial charge < -0.3 is 9.88 Å². The van der Waals surface area contributed by atoms with Gasteiger partial charge in [0.2, 0.25) is 5.91 Å². The largest absolute Gasteiger partial charge is 0.351 e. The van der Waals surface area contributed by atoms with Crippen molar-refractivity contribution in [2.24, 2.45) is 0 Å². The normalized spacial score (nSPS) is 22.0. The predicted molar refractivity (Wildman–Crippen MR) is 126 cm³/mol. The van der Waals surface area contributed by atoms with E-state index in [4.69, 9.17) is 11.6 Å². The molecule has 2 aromatic heterocycles. The lowest BCUT2D eigenvalue weighted by Gasteiger charge is -2.45. The number of rotatable bonds is 3. The number of carbonyl (C=O) groups excluding carboxylic acids is 2. The van der Waals surface area contributed by atoms with Crippen LogP contribution in [0.25, 0.3) is 10.2 Å². The van der Waals surface area contributed by atoms with Gasteiger partial charge in [-0.05, 0) is 68.0 Å². The van der Waals surface area contributed by atoms with E-state index in [0.29, 0.717) is 17.3 Å². The molecule has 5 nitrogen and oxygen atoms in total. The molecule has 2 aliphatic rings. The van der Waals surface area contributed by atoms with Crippen LogP contribution in [0.2, 0.25) is 5.02 Å². The van der Waals surface area contributed by atoms with Crippen LogP contribution in [0, 0.1) is 6.92 Å². The molecule has 0 saturated heterocycles. The summed E-state index contributed by atoms with van der Waals surface area (Å²) in [4.78, 5) is 30.3. The van der Waals surface area contributed by atoms with E-state index in [1.807, 2.05) is 48.1 Å². The molecule has 5 rings (SSSR count). The van der Waals surface area contributed by atoms with Gasteiger partial charge in [0.1, 0.15) is 16.1 Å². The van der Waals surface area contributed by atoms with Crippen LogP contribution < -0.4 is 10.2 Å². The summed E-state index contributed by atoms with van der Waals surface area (Å²) in [6.45, 7) is 4.23. The number of fused-ring (bicyclic) bond motifs is 3. The first-order chi connectivity index (χ1) is 14.9. The average molecular weight is 456 g/mol. The molecule has 1 aliphatic carbocycles. The molecule has 0 spiro atoms. The number of benzene rings is 1. The zero-order chi connectivity index (χ0) is 21.8. The van der Waals surface area contributed by atoms with Crippen LogP contribution >= 0.6 is 22.9 Å². The minimum Gasteiger partial charge on any atom is -0.351 e. The van der Waals surface area contributed by atoms with Gasteiger partial charge in [-0.2, -0.15) is 0 Å². The Kier molecular flexibility index (Phi) is 5.10. The Bertz CT molecular complexity index is 1180. The van der Waals surface area contributed by atoms with E-state index in [-0.39, 0.29) is 17.9 Å². The van der Waals surface area contributed by atoms with Crippen LogP contribution in [0.1, 0.15) is 55.1 Å². The highest BCUT2D eigenvalue weighted by atomic mass is 35.5. The third-order valence-electron chi connectivity index (χ3n) is 6.71. The van der Waals surface area contributed by atoms with Crippen molar-refractivity contribution in [3.8, 4) is 0 Å². The summed E-state index contributed by atoms with van der Waals surface area (Å²) in [6.07, 6.45) is 5.50. The highest BCUT2D eigenvalue weighted by Gasteiger charge is 2.49. The summed E-state index contributed by atoms with van der Waals surface area (Å²) in [5, 5.41) is 6.96. The number of nitrogens with zero attached hydrogens (tertiary/aromatic N) is 2. The minimum atomic E-state index is -1.05. The van der Waals surface area contributed by atoms with Crippen LogP contribution in [0.3, 0.4) is 0 Å². The van der Waals surface area contributed by atoms with Gasteiger partial charge in [-0.25, -0.2) is 0 Å². The van der Waals surface area contributed by atoms with Gasteiger partial charge in [0, 0.05) is 22.1 Å². The van der Waals surface area contributed by atoms with Crippen LogP contribution in [0.5, 0.6) is 0 Å². The van der Waals surface area contributed by atoms with Crippen LogP contribution in [-0.2, 0) is 11.3 Å². The van der Waals surface area contributed by atoms with Gasteiger partial charge in [-0.3, -0.25) is 14.5 Å². The number of hydrogen-bond donors (Lipinski definition) is 1. The van der Waals surface area contributed by atoms with Crippen LogP contribution in [0.4, 0.5) is 5.69 Å². The molecule has 1 fully saturated rings. The molecule has 0 unspecified atom stereocenters. The lowest BCUT2D eigenvalue weighted by atomic mass is 9.90. The molecule has 1 aliphatic heterocycles. The quantitative estimate of drug-likeness (QED) is 0.564. The van der Waals surface area contributed by atoms with E-state index < -0.39 is 5.54 Å². The molecule has 0 radical (unpaired) electrons. The highest BCUT2D eigenvalue weighted by Crippen LogP contribution is 2.39. The fraction of sp³-hybridized carbons (Fsp3) is 0.417. The van der Waals surface area contributed by atoms with Crippen molar-refractivity contribution in [1.29, 1.82) is 0 Å². The predicted octanol–water partition coefficient (Wildman–Crippen LogP) is 5.53. The van der Waals surface area contributed by atoms with Crippen molar-refractivity contribution < 1.29 is 9.59 Å². The zero-order valence-corrected chi connectivity index (χ0v) is 19.4. The number of thiophene rings is 1. The van der Waals surface area contributed by atoms with Crippen molar-refractivity contribution >= 4 is 50.7 Å². The van der Waals surface area contributed by atoms with Gasteiger partial charge in [-0.15, -0.1) is 11.3 Å². The first-order valence-electron chi connectivity index (χ1n) is 10.9. The molecule has 2 amide bonds. The van der Waals surface area contributed by atoms with Crippen LogP contribution in [0.15, 0.2) is 35.7 Å². The maximum absolute atomic E-state index is 13.8. The van der Waals surface area contributed by atoms with E-state index in [9.17, 15) is 9.59 Å². The van der Waals surface area contributed by atoms with Gasteiger partial charge in [0.05, 0.1) is 6.54 Å². The van der Waals surface area contributed by atoms with E-state index in [1.54, 1.807) is 22.3 Å². The molecule has 0 bridgehead atoms. The van der Waals surface area contributed by atoms with Crippen molar-refractivity contribution in [3.05, 3.63) is 52.0 Å². The minimum absolute atomic E-state index is 0.0915. The third kappa shape index (κ3) is 3.37. The van der Waals surface area contributed by atoms with Gasteiger partial charge in [0.15, 0.2) is 0 Å². The fourth-order valence-electron chi connectivity index (χ4n) is 5.03. The first-order valence-corrected chi connectivity index (χ1v) is 12.1. The fourth-order valence-corrected chi connectivity index (χ4v) is 6.16. The smallest absolute Gasteiger partial charge is 0.275 e. The van der Waals surface area contributed by atoms with Crippen molar-refractivity contribution in [1.82, 2.24) is 9.88 Å². The standard InChI is InChI=1S/C24H26ClN3O2S/c1-15-12-17(25)8-9-19(15)28-21(29)20-13-16-10-11-31-22(16)27(20)14-24(28,2)23(30)26-18-6-4-3-5-7-18/h8-13,18H,3-7,14H2,1-2H3,(H,26,30)/t24-/m0/s1. The molecule has 3 aromatic rings. The molecule has 1 N–H and O–H groups in total. The Morgan fingerprint density at radius 3 is 2.71 bits per heavy atom. The molecule has 1 aromatic carbocycles. The van der Waals surface area contributed by atoms with E-state index >= 15 is 0 Å². The lowest BCUT2D eigenvalue weighted by Crippen LogP contribution is -2.65. The summed E-state index contributed by atoms with van der Waals surface area (Å²) < 4.78 is 2.02. The summed E-state index contributed by atoms with van der Waals surface area (Å²) in [6, 6.07) is 9.61. The zero-order valence-electron chi connectivity index (χ0n) is 17.8. The molecular weight excluding hydrogens is 430 g/mol. The molecule has 3 heterocycles. The summed E-state index contributed by atoms with van der Waals surface area (Å²) >= 11 is 7.79. The monoisotopic (exact) mass is 455 g/mol. The number of carbonyl (C=O) groups is 2. The Labute approximate surface area is 191 Å². The maximum atomic E-state index is 13.8. The molecule has 31 heavy (non-hydrogen) atoms. The van der Waals surface area contributed by atoms with Gasteiger partial charge in [0.25, 0.3) is 5.91 Å². The summed E-state index contributed by atoms with van der Waals surface area (Å²) in [7, 11) is 0. The van der Waals surface area contributed by atoms with Crippen molar-refractivity contribution in [2.75, 3.05) is 4.90 Å². The van der Waals surface area contributed by atoms with Crippen molar-refractivity contribution in [3.63, 3.8) is 0 Å². The maximum Gasteiger partial charge on any atom is 0.275 e. The highest BCUT2D eigenvalue weighted by molar-refractivity contribution is 7.16.